The first-order chi connectivity index (χ1) is 12.8. The standard InChI is InChI=1S/C18H21N3O5S/c1-3-26-14-8-10-15(11-9-14)27(24,25)19-12-17(22)20-21-18(23)16-7-5-4-6-13(16)2/h4-11,19H,3,12H2,1-2H3,(H,20,22)(H,21,23). The summed E-state index contributed by atoms with van der Waals surface area (Å²) < 4.78 is 31.8. The van der Waals surface area contributed by atoms with Crippen molar-refractivity contribution in [3.8, 4) is 5.75 Å². The van der Waals surface area contributed by atoms with Crippen LogP contribution in [0.15, 0.2) is 53.4 Å². The highest BCUT2D eigenvalue weighted by atomic mass is 32.2. The largest absolute Gasteiger partial charge is 0.494 e. The smallest absolute Gasteiger partial charge is 0.269 e. The predicted molar refractivity (Wildman–Crippen MR) is 99.6 cm³/mol. The minimum Gasteiger partial charge on any atom is -0.494 e. The molecule has 0 unspecified atom stereocenters. The van der Waals surface area contributed by atoms with Crippen LogP contribution in [-0.2, 0) is 14.8 Å². The molecule has 0 aliphatic rings. The molecule has 0 fully saturated rings. The van der Waals surface area contributed by atoms with Crippen molar-refractivity contribution in [3.63, 3.8) is 0 Å². The lowest BCUT2D eigenvalue weighted by Crippen LogP contribution is -2.46. The van der Waals surface area contributed by atoms with Gasteiger partial charge in [-0.25, -0.2) is 13.1 Å². The number of amides is 2. The normalized spacial score (nSPS) is 10.9. The molecule has 3 N–H and O–H groups in total. The molecule has 2 aromatic rings. The van der Waals surface area contributed by atoms with Gasteiger partial charge in [0, 0.05) is 5.56 Å². The second kappa shape index (κ2) is 9.15. The first-order valence-corrected chi connectivity index (χ1v) is 9.69. The Morgan fingerprint density at radius 1 is 1.00 bits per heavy atom. The first-order valence-electron chi connectivity index (χ1n) is 8.21. The third-order valence-corrected chi connectivity index (χ3v) is 4.99. The van der Waals surface area contributed by atoms with E-state index in [4.69, 9.17) is 4.74 Å². The number of ether oxygens (including phenoxy) is 1. The van der Waals surface area contributed by atoms with Gasteiger partial charge in [-0.15, -0.1) is 0 Å². The summed E-state index contributed by atoms with van der Waals surface area (Å²) in [6.07, 6.45) is 0. The molecule has 9 heteroatoms. The maximum absolute atomic E-state index is 12.2. The lowest BCUT2D eigenvalue weighted by Gasteiger charge is -2.10. The number of carbonyl (C=O) groups is 2. The Morgan fingerprint density at radius 2 is 1.67 bits per heavy atom. The van der Waals surface area contributed by atoms with Crippen molar-refractivity contribution in [2.24, 2.45) is 0 Å². The molecule has 0 bridgehead atoms. The highest BCUT2D eigenvalue weighted by Crippen LogP contribution is 2.15. The molecule has 0 aromatic heterocycles. The molecule has 0 aliphatic heterocycles. The Hall–Kier alpha value is -2.91. The van der Waals surface area contributed by atoms with Gasteiger partial charge < -0.3 is 4.74 Å². The van der Waals surface area contributed by atoms with Gasteiger partial charge in [0.2, 0.25) is 10.0 Å². The van der Waals surface area contributed by atoms with Gasteiger partial charge in [-0.05, 0) is 49.7 Å². The van der Waals surface area contributed by atoms with Crippen molar-refractivity contribution < 1.29 is 22.7 Å². The van der Waals surface area contributed by atoms with Gasteiger partial charge in [-0.1, -0.05) is 18.2 Å². The minimum absolute atomic E-state index is 0.00250. The average molecular weight is 391 g/mol. The Labute approximate surface area is 157 Å². The number of hydrogen-bond acceptors (Lipinski definition) is 5. The molecule has 0 aliphatic carbocycles. The fourth-order valence-electron chi connectivity index (χ4n) is 2.19. The van der Waals surface area contributed by atoms with Crippen molar-refractivity contribution in [3.05, 3.63) is 59.7 Å². The van der Waals surface area contributed by atoms with Crippen LogP contribution in [0.1, 0.15) is 22.8 Å². The van der Waals surface area contributed by atoms with Crippen LogP contribution >= 0.6 is 0 Å². The van der Waals surface area contributed by atoms with E-state index in [0.717, 1.165) is 5.56 Å². The Morgan fingerprint density at radius 3 is 2.30 bits per heavy atom. The van der Waals surface area contributed by atoms with E-state index in [9.17, 15) is 18.0 Å². The van der Waals surface area contributed by atoms with Crippen LogP contribution in [0.4, 0.5) is 0 Å². The van der Waals surface area contributed by atoms with Gasteiger partial charge in [-0.3, -0.25) is 20.4 Å². The maximum Gasteiger partial charge on any atom is 0.269 e. The molecule has 2 aromatic carbocycles. The molecule has 0 atom stereocenters. The van der Waals surface area contributed by atoms with Crippen LogP contribution < -0.4 is 20.3 Å². The molecule has 0 heterocycles. The van der Waals surface area contributed by atoms with Crippen molar-refractivity contribution in [1.29, 1.82) is 0 Å². The van der Waals surface area contributed by atoms with Gasteiger partial charge in [0.25, 0.3) is 11.8 Å². The third kappa shape index (κ3) is 5.80. The summed E-state index contributed by atoms with van der Waals surface area (Å²) in [4.78, 5) is 23.8. The van der Waals surface area contributed by atoms with Crippen LogP contribution in [-0.4, -0.2) is 33.4 Å². The highest BCUT2D eigenvalue weighted by molar-refractivity contribution is 7.89. The number of sulfonamides is 1. The monoisotopic (exact) mass is 391 g/mol. The van der Waals surface area contributed by atoms with E-state index in [0.29, 0.717) is 17.9 Å². The topological polar surface area (TPSA) is 114 Å². The Balaban J connectivity index is 1.87. The number of rotatable bonds is 7. The second-order valence-electron chi connectivity index (χ2n) is 5.55. The highest BCUT2D eigenvalue weighted by Gasteiger charge is 2.16. The number of nitrogens with one attached hydrogen (secondary N) is 3. The molecule has 27 heavy (non-hydrogen) atoms. The summed E-state index contributed by atoms with van der Waals surface area (Å²) >= 11 is 0. The third-order valence-electron chi connectivity index (χ3n) is 3.57. The van der Waals surface area contributed by atoms with E-state index in [-0.39, 0.29) is 4.90 Å². The summed E-state index contributed by atoms with van der Waals surface area (Å²) in [5.41, 5.74) is 5.58. The predicted octanol–water partition coefficient (Wildman–Crippen LogP) is 1.13. The zero-order valence-electron chi connectivity index (χ0n) is 15.0. The van der Waals surface area contributed by atoms with E-state index >= 15 is 0 Å². The summed E-state index contributed by atoms with van der Waals surface area (Å²) in [6.45, 7) is 3.53. The Bertz CT molecular complexity index is 911. The number of aryl methyl sites for hydroxylation is 1. The van der Waals surface area contributed by atoms with Crippen LogP contribution in [0.3, 0.4) is 0 Å². The average Bonchev–Trinajstić information content (AvgIpc) is 2.65. The molecule has 0 radical (unpaired) electrons. The number of carbonyl (C=O) groups excluding carboxylic acids is 2. The summed E-state index contributed by atoms with van der Waals surface area (Å²) in [5, 5.41) is 0. The minimum atomic E-state index is -3.86. The summed E-state index contributed by atoms with van der Waals surface area (Å²) in [7, 11) is -3.86. The van der Waals surface area contributed by atoms with E-state index in [1.807, 2.05) is 6.92 Å². The van der Waals surface area contributed by atoms with E-state index in [2.05, 4.69) is 15.6 Å². The van der Waals surface area contributed by atoms with Crippen molar-refractivity contribution in [2.45, 2.75) is 18.7 Å². The van der Waals surface area contributed by atoms with Crippen molar-refractivity contribution >= 4 is 21.8 Å². The van der Waals surface area contributed by atoms with E-state index < -0.39 is 28.4 Å². The van der Waals surface area contributed by atoms with Crippen molar-refractivity contribution in [2.75, 3.05) is 13.2 Å². The number of hydrogen-bond donors (Lipinski definition) is 3. The molecule has 0 saturated carbocycles. The zero-order chi connectivity index (χ0) is 19.9. The van der Waals surface area contributed by atoms with E-state index in [1.54, 1.807) is 31.2 Å². The zero-order valence-corrected chi connectivity index (χ0v) is 15.8. The molecule has 2 rings (SSSR count). The number of benzene rings is 2. The van der Waals surface area contributed by atoms with Gasteiger partial charge in [0.1, 0.15) is 5.75 Å². The number of hydrazine groups is 1. The fraction of sp³-hybridized carbons (Fsp3) is 0.222. The maximum atomic E-state index is 12.2. The van der Waals surface area contributed by atoms with Gasteiger partial charge in [0.05, 0.1) is 18.0 Å². The molecular formula is C18H21N3O5S. The lowest BCUT2D eigenvalue weighted by molar-refractivity contribution is -0.120. The fourth-order valence-corrected chi connectivity index (χ4v) is 3.17. The van der Waals surface area contributed by atoms with Crippen molar-refractivity contribution in [1.82, 2.24) is 15.6 Å². The molecule has 2 amide bonds. The molecule has 8 nitrogen and oxygen atoms in total. The SMILES string of the molecule is CCOc1ccc(S(=O)(=O)NCC(=O)NNC(=O)c2ccccc2C)cc1. The lowest BCUT2D eigenvalue weighted by atomic mass is 10.1. The molecule has 0 spiro atoms. The van der Waals surface area contributed by atoms with E-state index in [1.165, 1.54) is 24.3 Å². The van der Waals surface area contributed by atoms with Crippen LogP contribution in [0.5, 0.6) is 5.75 Å². The summed E-state index contributed by atoms with van der Waals surface area (Å²) in [6, 6.07) is 12.7. The quantitative estimate of drug-likeness (QED) is 0.613. The Kier molecular flexibility index (Phi) is 6.91. The molecule has 144 valence electrons. The van der Waals surface area contributed by atoms with Gasteiger partial charge in [0.15, 0.2) is 0 Å². The van der Waals surface area contributed by atoms with Crippen LogP contribution in [0.2, 0.25) is 0 Å². The summed E-state index contributed by atoms with van der Waals surface area (Å²) in [5.74, 6) is -0.643. The van der Waals surface area contributed by atoms with Gasteiger partial charge in [-0.2, -0.15) is 0 Å². The molecular weight excluding hydrogens is 370 g/mol. The van der Waals surface area contributed by atoms with Crippen LogP contribution in [0.25, 0.3) is 0 Å². The molecule has 0 saturated heterocycles. The van der Waals surface area contributed by atoms with Gasteiger partial charge >= 0.3 is 0 Å². The first kappa shape index (κ1) is 20.4. The second-order valence-corrected chi connectivity index (χ2v) is 7.31. The van der Waals surface area contributed by atoms with Crippen LogP contribution in [0, 0.1) is 6.92 Å².